The number of amides is 1. The Morgan fingerprint density at radius 1 is 0.909 bits per heavy atom. The van der Waals surface area contributed by atoms with Gasteiger partial charge in [-0.05, 0) is 73.9 Å². The monoisotopic (exact) mass is 439 g/mol. The van der Waals surface area contributed by atoms with Crippen molar-refractivity contribution in [1.82, 2.24) is 9.78 Å². The molecule has 0 bridgehead atoms. The largest absolute Gasteiger partial charge is 0.497 e. The molecule has 0 fully saturated rings. The Morgan fingerprint density at radius 3 is 2.24 bits per heavy atom. The zero-order chi connectivity index (χ0) is 23.5. The number of anilines is 1. The van der Waals surface area contributed by atoms with Crippen LogP contribution in [0.1, 0.15) is 27.2 Å². The van der Waals surface area contributed by atoms with Gasteiger partial charge in [0.2, 0.25) is 5.43 Å². The Kier molecular flexibility index (Phi) is 6.09. The second kappa shape index (κ2) is 9.12. The molecule has 33 heavy (non-hydrogen) atoms. The first kappa shape index (κ1) is 22.0. The van der Waals surface area contributed by atoms with E-state index >= 15 is 0 Å². The first-order valence-electron chi connectivity index (χ1n) is 10.6. The number of nitrogens with zero attached hydrogens (tertiary/aromatic N) is 2. The number of methoxy groups -OCH3 is 1. The summed E-state index contributed by atoms with van der Waals surface area (Å²) < 4.78 is 6.89. The molecule has 0 atom stereocenters. The van der Waals surface area contributed by atoms with Gasteiger partial charge in [-0.1, -0.05) is 36.4 Å². The van der Waals surface area contributed by atoms with Crippen LogP contribution in [0.3, 0.4) is 0 Å². The number of carbonyl (C=O) groups is 1. The summed E-state index contributed by atoms with van der Waals surface area (Å²) in [6.07, 6.45) is 0. The van der Waals surface area contributed by atoms with Gasteiger partial charge >= 0.3 is 0 Å². The highest BCUT2D eigenvalue weighted by Gasteiger charge is 2.21. The minimum atomic E-state index is -0.326. The average Bonchev–Trinajstić information content (AvgIpc) is 2.84. The average molecular weight is 440 g/mol. The van der Waals surface area contributed by atoms with Crippen LogP contribution < -0.4 is 15.5 Å². The standard InChI is InChI=1S/C27H25N3O3/c1-17-10-13-22(16-18(17)2)30-26(28-27(32)21-8-6-5-7-9-21)24(25(31)19(3)29-30)20-11-14-23(33-4)15-12-20/h5-16H,1-4H3,(H,28,32). The quantitative estimate of drug-likeness (QED) is 0.470. The van der Waals surface area contributed by atoms with Crippen LogP contribution in [0, 0.1) is 20.8 Å². The third-order valence-electron chi connectivity index (χ3n) is 5.64. The van der Waals surface area contributed by atoms with Crippen molar-refractivity contribution in [1.29, 1.82) is 0 Å². The molecule has 1 heterocycles. The van der Waals surface area contributed by atoms with Gasteiger partial charge in [0.1, 0.15) is 17.3 Å². The fourth-order valence-corrected chi connectivity index (χ4v) is 3.59. The predicted molar refractivity (Wildman–Crippen MR) is 130 cm³/mol. The van der Waals surface area contributed by atoms with Crippen LogP contribution in [0.2, 0.25) is 0 Å². The van der Waals surface area contributed by atoms with E-state index in [9.17, 15) is 9.59 Å². The zero-order valence-electron chi connectivity index (χ0n) is 19.0. The van der Waals surface area contributed by atoms with Gasteiger partial charge in [0.25, 0.3) is 5.91 Å². The molecule has 0 spiro atoms. The summed E-state index contributed by atoms with van der Waals surface area (Å²) in [5, 5.41) is 7.50. The molecule has 0 saturated heterocycles. The van der Waals surface area contributed by atoms with E-state index < -0.39 is 0 Å². The summed E-state index contributed by atoms with van der Waals surface area (Å²) in [5.41, 5.74) is 4.57. The van der Waals surface area contributed by atoms with Crippen molar-refractivity contribution >= 4 is 11.7 Å². The summed E-state index contributed by atoms with van der Waals surface area (Å²) in [7, 11) is 1.59. The van der Waals surface area contributed by atoms with Gasteiger partial charge in [0, 0.05) is 5.56 Å². The van der Waals surface area contributed by atoms with Crippen LogP contribution in [0.4, 0.5) is 5.82 Å². The second-order valence-corrected chi connectivity index (χ2v) is 7.87. The van der Waals surface area contributed by atoms with Gasteiger partial charge < -0.3 is 10.1 Å². The number of rotatable bonds is 5. The van der Waals surface area contributed by atoms with Gasteiger partial charge in [-0.15, -0.1) is 0 Å². The highest BCUT2D eigenvalue weighted by Crippen LogP contribution is 2.29. The van der Waals surface area contributed by atoms with Crippen molar-refractivity contribution in [3.63, 3.8) is 0 Å². The highest BCUT2D eigenvalue weighted by atomic mass is 16.5. The second-order valence-electron chi connectivity index (χ2n) is 7.87. The number of carbonyl (C=O) groups excluding carboxylic acids is 1. The van der Waals surface area contributed by atoms with Gasteiger partial charge in [-0.3, -0.25) is 9.59 Å². The summed E-state index contributed by atoms with van der Waals surface area (Å²) in [5.74, 6) is 0.662. The Balaban J connectivity index is 1.97. The van der Waals surface area contributed by atoms with Crippen LogP contribution in [-0.4, -0.2) is 22.8 Å². The van der Waals surface area contributed by atoms with Crippen LogP contribution in [0.25, 0.3) is 16.8 Å². The molecule has 6 nitrogen and oxygen atoms in total. The Labute approximate surface area is 192 Å². The Bertz CT molecular complexity index is 1370. The van der Waals surface area contributed by atoms with E-state index in [0.29, 0.717) is 34.0 Å². The number of benzene rings is 3. The molecule has 0 radical (unpaired) electrons. The minimum absolute atomic E-state index is 0.247. The van der Waals surface area contributed by atoms with E-state index in [1.54, 1.807) is 67.2 Å². The lowest BCUT2D eigenvalue weighted by Gasteiger charge is -2.19. The maximum Gasteiger partial charge on any atom is 0.256 e. The number of hydrogen-bond acceptors (Lipinski definition) is 4. The Hall–Kier alpha value is -4.19. The molecule has 1 N–H and O–H groups in total. The molecular formula is C27H25N3O3. The van der Waals surface area contributed by atoms with E-state index in [4.69, 9.17) is 4.74 Å². The predicted octanol–water partition coefficient (Wildman–Crippen LogP) is 5.09. The van der Waals surface area contributed by atoms with Crippen LogP contribution in [0.5, 0.6) is 5.75 Å². The third-order valence-corrected chi connectivity index (χ3v) is 5.64. The van der Waals surface area contributed by atoms with Crippen molar-refractivity contribution < 1.29 is 9.53 Å². The number of aromatic nitrogens is 2. The molecule has 166 valence electrons. The molecule has 3 aromatic carbocycles. The lowest BCUT2D eigenvalue weighted by atomic mass is 10.0. The van der Waals surface area contributed by atoms with Crippen LogP contribution in [0.15, 0.2) is 77.6 Å². The third kappa shape index (κ3) is 4.41. The number of aryl methyl sites for hydroxylation is 3. The molecule has 0 aliphatic rings. The summed E-state index contributed by atoms with van der Waals surface area (Å²) >= 11 is 0. The van der Waals surface area contributed by atoms with E-state index in [0.717, 1.165) is 16.8 Å². The molecule has 0 aliphatic carbocycles. The summed E-state index contributed by atoms with van der Waals surface area (Å²) in [6.45, 7) is 5.72. The van der Waals surface area contributed by atoms with E-state index in [1.807, 2.05) is 38.1 Å². The van der Waals surface area contributed by atoms with E-state index in [1.165, 1.54) is 0 Å². The lowest BCUT2D eigenvalue weighted by molar-refractivity contribution is 0.102. The maximum absolute atomic E-state index is 13.3. The Morgan fingerprint density at radius 2 is 1.61 bits per heavy atom. The van der Waals surface area contributed by atoms with Crippen molar-refractivity contribution in [2.45, 2.75) is 20.8 Å². The minimum Gasteiger partial charge on any atom is -0.497 e. The van der Waals surface area contributed by atoms with Gasteiger partial charge in [0.15, 0.2) is 0 Å². The topological polar surface area (TPSA) is 73.2 Å². The molecule has 0 unspecified atom stereocenters. The molecule has 0 saturated carbocycles. The molecule has 0 aliphatic heterocycles. The van der Waals surface area contributed by atoms with Gasteiger partial charge in [0.05, 0.1) is 18.4 Å². The molecule has 4 aromatic rings. The number of ether oxygens (including phenoxy) is 1. The van der Waals surface area contributed by atoms with Gasteiger partial charge in [-0.25, -0.2) is 4.68 Å². The molecule has 1 aromatic heterocycles. The molecule has 1 amide bonds. The SMILES string of the molecule is COc1ccc(-c2c(NC(=O)c3ccccc3)n(-c3ccc(C)c(C)c3)nc(C)c2=O)cc1. The molecule has 4 rings (SSSR count). The van der Waals surface area contributed by atoms with Crippen LogP contribution >= 0.6 is 0 Å². The van der Waals surface area contributed by atoms with Crippen molar-refractivity contribution in [3.8, 4) is 22.6 Å². The molecule has 6 heteroatoms. The summed E-state index contributed by atoms with van der Waals surface area (Å²) in [4.78, 5) is 26.4. The van der Waals surface area contributed by atoms with Crippen molar-refractivity contribution in [2.24, 2.45) is 0 Å². The van der Waals surface area contributed by atoms with Crippen molar-refractivity contribution in [3.05, 3.63) is 105 Å². The van der Waals surface area contributed by atoms with E-state index in [-0.39, 0.29) is 11.3 Å². The van der Waals surface area contributed by atoms with Gasteiger partial charge in [-0.2, -0.15) is 5.10 Å². The summed E-state index contributed by atoms with van der Waals surface area (Å²) in [6, 6.07) is 22.0. The normalized spacial score (nSPS) is 10.7. The lowest BCUT2D eigenvalue weighted by Crippen LogP contribution is -2.25. The highest BCUT2D eigenvalue weighted by molar-refractivity contribution is 6.05. The van der Waals surface area contributed by atoms with Crippen LogP contribution in [-0.2, 0) is 0 Å². The van der Waals surface area contributed by atoms with Crippen molar-refractivity contribution in [2.75, 3.05) is 12.4 Å². The molecular weight excluding hydrogens is 414 g/mol. The first-order valence-corrected chi connectivity index (χ1v) is 10.6. The zero-order valence-corrected chi connectivity index (χ0v) is 19.0. The maximum atomic E-state index is 13.3. The van der Waals surface area contributed by atoms with E-state index in [2.05, 4.69) is 10.4 Å². The number of nitrogens with one attached hydrogen (secondary N) is 1. The fraction of sp³-hybridized carbons (Fsp3) is 0.148. The smallest absolute Gasteiger partial charge is 0.256 e. The number of hydrogen-bond donors (Lipinski definition) is 1. The first-order chi connectivity index (χ1) is 15.9. The fourth-order valence-electron chi connectivity index (χ4n) is 3.59.